The molecule has 3 heterocycles. The maximum atomic E-state index is 14.7. The molecular formula is C32H37ClF2N6O4S2. The lowest BCUT2D eigenvalue weighted by Crippen LogP contribution is -2.36. The Bertz CT molecular complexity index is 1630. The molecule has 1 aliphatic rings. The zero-order chi connectivity index (χ0) is 32.5. The standard InChI is InChI=1S/C32H36F2N6O4S2.ClH/c1-20-31(46-19-38-20)22-6-4-21(5-7-22)25(35)16-27(41)36-10-2-3-11-37-28(42)17-44-30-23(8-9-24(33)29(30)34)26-18-45-32(39-26)40-12-14-43-15-13-40;/h4-9,18-19,25H,2-3,10-17,35H2,1H3,(H,36,41)(H,37,42);1H. The van der Waals surface area contributed by atoms with E-state index in [0.717, 1.165) is 32.9 Å². The number of ether oxygens (including phenoxy) is 2. The summed E-state index contributed by atoms with van der Waals surface area (Å²) >= 11 is 2.97. The topological polar surface area (TPSA) is 132 Å². The Kier molecular flexibility index (Phi) is 13.4. The highest BCUT2D eigenvalue weighted by Gasteiger charge is 2.22. The third kappa shape index (κ3) is 9.67. The fourth-order valence-electron chi connectivity index (χ4n) is 4.91. The summed E-state index contributed by atoms with van der Waals surface area (Å²) in [5.74, 6) is -3.25. The molecule has 2 amide bonds. The van der Waals surface area contributed by atoms with Crippen LogP contribution in [0.4, 0.5) is 13.9 Å². The van der Waals surface area contributed by atoms with Crippen molar-refractivity contribution in [2.24, 2.45) is 5.73 Å². The van der Waals surface area contributed by atoms with Crippen LogP contribution in [0.1, 0.15) is 36.6 Å². The highest BCUT2D eigenvalue weighted by atomic mass is 35.5. The smallest absolute Gasteiger partial charge is 0.257 e. The van der Waals surface area contributed by atoms with Crippen LogP contribution in [0.3, 0.4) is 0 Å². The Balaban J connectivity index is 0.00000500. The molecule has 1 aliphatic heterocycles. The Morgan fingerprint density at radius 3 is 2.43 bits per heavy atom. The highest BCUT2D eigenvalue weighted by molar-refractivity contribution is 7.14. The molecule has 2 aromatic carbocycles. The fraction of sp³-hybridized carbons (Fsp3) is 0.375. The molecule has 47 heavy (non-hydrogen) atoms. The molecule has 1 atom stereocenters. The lowest BCUT2D eigenvalue weighted by atomic mass is 10.0. The first-order valence-corrected chi connectivity index (χ1v) is 16.7. The van der Waals surface area contributed by atoms with Crippen molar-refractivity contribution in [2.75, 3.05) is 50.9 Å². The number of halogens is 3. The average molecular weight is 707 g/mol. The van der Waals surface area contributed by atoms with E-state index in [1.807, 2.05) is 36.7 Å². The molecule has 0 bridgehead atoms. The third-order valence-corrected chi connectivity index (χ3v) is 9.33. The zero-order valence-electron chi connectivity index (χ0n) is 25.8. The maximum Gasteiger partial charge on any atom is 0.257 e. The van der Waals surface area contributed by atoms with Crippen molar-refractivity contribution in [1.29, 1.82) is 0 Å². The lowest BCUT2D eigenvalue weighted by molar-refractivity contribution is -0.123. The molecule has 15 heteroatoms. The second-order valence-electron chi connectivity index (χ2n) is 10.7. The van der Waals surface area contributed by atoms with Crippen LogP contribution in [-0.2, 0) is 14.3 Å². The number of aryl methyl sites for hydroxylation is 1. The molecule has 4 N–H and O–H groups in total. The molecular weight excluding hydrogens is 670 g/mol. The number of rotatable bonds is 14. The van der Waals surface area contributed by atoms with Gasteiger partial charge in [0, 0.05) is 49.6 Å². The summed E-state index contributed by atoms with van der Waals surface area (Å²) in [5.41, 5.74) is 11.7. The van der Waals surface area contributed by atoms with Gasteiger partial charge in [-0.15, -0.1) is 35.1 Å². The highest BCUT2D eigenvalue weighted by Crippen LogP contribution is 2.36. The Morgan fingerprint density at radius 1 is 1.04 bits per heavy atom. The number of unbranched alkanes of at least 4 members (excludes halogenated alkanes) is 1. The molecule has 4 aromatic rings. The Labute approximate surface area is 286 Å². The molecule has 5 rings (SSSR count). The van der Waals surface area contributed by atoms with Crippen LogP contribution in [-0.4, -0.2) is 67.8 Å². The molecule has 252 valence electrons. The number of nitrogens with one attached hydrogen (secondary N) is 2. The molecule has 2 aromatic heterocycles. The van der Waals surface area contributed by atoms with E-state index >= 15 is 0 Å². The molecule has 10 nitrogen and oxygen atoms in total. The summed E-state index contributed by atoms with van der Waals surface area (Å²) in [6.07, 6.45) is 1.38. The van der Waals surface area contributed by atoms with Crippen molar-refractivity contribution >= 4 is 52.0 Å². The summed E-state index contributed by atoms with van der Waals surface area (Å²) < 4.78 is 39.7. The number of amides is 2. The van der Waals surface area contributed by atoms with Gasteiger partial charge in [-0.1, -0.05) is 24.3 Å². The van der Waals surface area contributed by atoms with Crippen molar-refractivity contribution in [3.05, 3.63) is 70.2 Å². The average Bonchev–Trinajstić information content (AvgIpc) is 3.73. The monoisotopic (exact) mass is 706 g/mol. The number of morpholine rings is 1. The minimum Gasteiger partial charge on any atom is -0.480 e. The van der Waals surface area contributed by atoms with Crippen molar-refractivity contribution in [2.45, 2.75) is 32.2 Å². The largest absolute Gasteiger partial charge is 0.480 e. The predicted octanol–water partition coefficient (Wildman–Crippen LogP) is 5.26. The second kappa shape index (κ2) is 17.5. The van der Waals surface area contributed by atoms with Crippen LogP contribution in [0.15, 0.2) is 47.3 Å². The molecule has 1 fully saturated rings. The van der Waals surface area contributed by atoms with Crippen LogP contribution in [0.25, 0.3) is 21.7 Å². The van der Waals surface area contributed by atoms with Crippen LogP contribution >= 0.6 is 35.1 Å². The van der Waals surface area contributed by atoms with E-state index in [4.69, 9.17) is 15.2 Å². The first kappa shape index (κ1) is 36.2. The van der Waals surface area contributed by atoms with Crippen molar-refractivity contribution in [3.8, 4) is 27.4 Å². The predicted molar refractivity (Wildman–Crippen MR) is 182 cm³/mol. The first-order chi connectivity index (χ1) is 22.3. The summed E-state index contributed by atoms with van der Waals surface area (Å²) in [4.78, 5) is 36.8. The molecule has 0 aliphatic carbocycles. The van der Waals surface area contributed by atoms with Gasteiger partial charge in [-0.2, -0.15) is 4.39 Å². The summed E-state index contributed by atoms with van der Waals surface area (Å²) in [6.45, 7) is 4.81. The fourth-order valence-corrected chi connectivity index (χ4v) is 6.60. The zero-order valence-corrected chi connectivity index (χ0v) is 28.2. The van der Waals surface area contributed by atoms with E-state index in [0.29, 0.717) is 57.9 Å². The second-order valence-corrected chi connectivity index (χ2v) is 12.4. The minimum atomic E-state index is -1.18. The summed E-state index contributed by atoms with van der Waals surface area (Å²) in [7, 11) is 0. The van der Waals surface area contributed by atoms with Gasteiger partial charge in [0.25, 0.3) is 5.91 Å². The van der Waals surface area contributed by atoms with Crippen molar-refractivity contribution in [3.63, 3.8) is 0 Å². The number of hydrogen-bond acceptors (Lipinski definition) is 10. The lowest BCUT2D eigenvalue weighted by Gasteiger charge is -2.26. The molecule has 0 radical (unpaired) electrons. The number of benzene rings is 2. The Hall–Kier alpha value is -3.69. The SMILES string of the molecule is Cc1ncsc1-c1ccc(C(N)CC(=O)NCCCCNC(=O)COc2c(-c3csc(N4CCOCC4)n3)ccc(F)c2F)cc1.Cl. The summed E-state index contributed by atoms with van der Waals surface area (Å²) in [6, 6.07) is 9.83. The number of nitrogens with two attached hydrogens (primary N) is 1. The normalized spacial score (nSPS) is 13.5. The van der Waals surface area contributed by atoms with Crippen LogP contribution < -0.4 is 26.0 Å². The van der Waals surface area contributed by atoms with Gasteiger partial charge in [-0.05, 0) is 43.0 Å². The van der Waals surface area contributed by atoms with E-state index in [9.17, 15) is 18.4 Å². The van der Waals surface area contributed by atoms with Crippen molar-refractivity contribution < 1.29 is 27.8 Å². The van der Waals surface area contributed by atoms with E-state index in [1.165, 1.54) is 17.4 Å². The van der Waals surface area contributed by atoms with E-state index in [2.05, 4.69) is 25.5 Å². The number of carbonyl (C=O) groups is 2. The van der Waals surface area contributed by atoms with Gasteiger partial charge < -0.3 is 30.7 Å². The number of thiazole rings is 2. The van der Waals surface area contributed by atoms with Gasteiger partial charge in [-0.3, -0.25) is 9.59 Å². The van der Waals surface area contributed by atoms with Gasteiger partial charge in [0.15, 0.2) is 23.3 Å². The number of aromatic nitrogens is 2. The minimum absolute atomic E-state index is 0. The van der Waals surface area contributed by atoms with E-state index in [-0.39, 0.29) is 36.0 Å². The number of carbonyl (C=O) groups excluding carboxylic acids is 2. The molecule has 0 saturated carbocycles. The maximum absolute atomic E-state index is 14.7. The van der Waals surface area contributed by atoms with Gasteiger partial charge in [0.2, 0.25) is 11.7 Å². The summed E-state index contributed by atoms with van der Waals surface area (Å²) in [5, 5.41) is 8.06. The molecule has 1 saturated heterocycles. The first-order valence-electron chi connectivity index (χ1n) is 15.0. The van der Waals surface area contributed by atoms with Crippen LogP contribution in [0.5, 0.6) is 5.75 Å². The molecule has 0 spiro atoms. The van der Waals surface area contributed by atoms with Gasteiger partial charge in [0.1, 0.15) is 0 Å². The third-order valence-electron chi connectivity index (χ3n) is 7.45. The van der Waals surface area contributed by atoms with E-state index < -0.39 is 30.2 Å². The number of nitrogens with zero attached hydrogens (tertiary/aromatic N) is 3. The van der Waals surface area contributed by atoms with Crippen LogP contribution in [0.2, 0.25) is 0 Å². The Morgan fingerprint density at radius 2 is 1.74 bits per heavy atom. The molecule has 1 unspecified atom stereocenters. The number of hydrogen-bond donors (Lipinski definition) is 3. The van der Waals surface area contributed by atoms with Gasteiger partial charge >= 0.3 is 0 Å². The van der Waals surface area contributed by atoms with Crippen LogP contribution in [0, 0.1) is 18.6 Å². The van der Waals surface area contributed by atoms with Crippen molar-refractivity contribution in [1.82, 2.24) is 20.6 Å². The van der Waals surface area contributed by atoms with Gasteiger partial charge in [0.05, 0.1) is 35.0 Å². The van der Waals surface area contributed by atoms with E-state index in [1.54, 1.807) is 16.7 Å². The van der Waals surface area contributed by atoms with Gasteiger partial charge in [-0.25, -0.2) is 14.4 Å². The number of anilines is 1. The quantitative estimate of drug-likeness (QED) is 0.152.